The lowest BCUT2D eigenvalue weighted by Gasteiger charge is -2.28. The zero-order valence-corrected chi connectivity index (χ0v) is 20.8. The normalized spacial score (nSPS) is 17.2. The Morgan fingerprint density at radius 1 is 0.868 bits per heavy atom. The maximum atomic E-state index is 13.6. The summed E-state index contributed by atoms with van der Waals surface area (Å²) in [5.74, 6) is -0.756. The van der Waals surface area contributed by atoms with Gasteiger partial charge in [-0.05, 0) is 28.8 Å². The third-order valence-corrected chi connectivity index (χ3v) is 7.64. The molecular weight excluding hydrogens is 492 g/mol. The zero-order chi connectivity index (χ0) is 25.6. The number of allylic oxidation sites excluding steroid dienone is 3. The van der Waals surface area contributed by atoms with E-state index in [0.717, 1.165) is 49.3 Å². The Hall–Kier alpha value is -4.95. The molecular formula is C30H20N6OS. The Labute approximate surface area is 221 Å². The van der Waals surface area contributed by atoms with Gasteiger partial charge in [-0.2, -0.15) is 10.1 Å². The van der Waals surface area contributed by atoms with Gasteiger partial charge in [0.15, 0.2) is 5.84 Å². The molecule has 0 fully saturated rings. The summed E-state index contributed by atoms with van der Waals surface area (Å²) in [6.07, 6.45) is 5.57. The van der Waals surface area contributed by atoms with Crippen LogP contribution in [0.1, 0.15) is 16.1 Å². The Morgan fingerprint density at radius 3 is 2.45 bits per heavy atom. The number of thiazole rings is 1. The van der Waals surface area contributed by atoms with Crippen LogP contribution in [0.25, 0.3) is 33.2 Å². The van der Waals surface area contributed by atoms with Gasteiger partial charge in [0.1, 0.15) is 10.9 Å². The summed E-state index contributed by atoms with van der Waals surface area (Å²) in [5, 5.41) is 10.8. The average molecular weight is 513 g/mol. The first-order chi connectivity index (χ1) is 18.7. The molecule has 1 unspecified atom stereocenters. The van der Waals surface area contributed by atoms with Gasteiger partial charge in [0.25, 0.3) is 5.91 Å². The van der Waals surface area contributed by atoms with Crippen molar-refractivity contribution in [3.63, 3.8) is 0 Å². The van der Waals surface area contributed by atoms with E-state index in [4.69, 9.17) is 10.7 Å². The van der Waals surface area contributed by atoms with Crippen LogP contribution in [0.3, 0.4) is 0 Å². The van der Waals surface area contributed by atoms with E-state index in [-0.39, 0.29) is 5.91 Å². The minimum absolute atomic E-state index is 0.339. The molecule has 7 nitrogen and oxygen atoms in total. The van der Waals surface area contributed by atoms with E-state index < -0.39 is 5.92 Å². The summed E-state index contributed by atoms with van der Waals surface area (Å²) in [4.78, 5) is 27.4. The lowest BCUT2D eigenvalue weighted by Crippen LogP contribution is -2.36. The maximum Gasteiger partial charge on any atom is 0.262 e. The van der Waals surface area contributed by atoms with E-state index in [1.165, 1.54) is 11.3 Å². The molecule has 3 heterocycles. The number of benzene rings is 3. The monoisotopic (exact) mass is 512 g/mol. The van der Waals surface area contributed by atoms with E-state index in [1.54, 1.807) is 6.20 Å². The summed E-state index contributed by atoms with van der Waals surface area (Å²) in [5.41, 5.74) is 13.9. The number of aliphatic imine (C=N–C) groups is 2. The number of hydrogen-bond acceptors (Lipinski definition) is 6. The molecule has 1 aliphatic heterocycles. The van der Waals surface area contributed by atoms with Crippen molar-refractivity contribution in [1.29, 1.82) is 0 Å². The Morgan fingerprint density at radius 2 is 1.66 bits per heavy atom. The van der Waals surface area contributed by atoms with Gasteiger partial charge in [0, 0.05) is 45.6 Å². The summed E-state index contributed by atoms with van der Waals surface area (Å²) < 4.78 is 0. The van der Waals surface area contributed by atoms with Crippen molar-refractivity contribution >= 4 is 50.8 Å². The van der Waals surface area contributed by atoms with Gasteiger partial charge in [0.05, 0.1) is 11.2 Å². The van der Waals surface area contributed by atoms with E-state index in [2.05, 4.69) is 32.3 Å². The number of carbonyl (C=O) groups is 1. The molecule has 8 heteroatoms. The molecule has 2 aromatic heterocycles. The van der Waals surface area contributed by atoms with Crippen molar-refractivity contribution in [1.82, 2.24) is 15.2 Å². The smallest absolute Gasteiger partial charge is 0.262 e. The lowest BCUT2D eigenvalue weighted by atomic mass is 9.81. The fourth-order valence-electron chi connectivity index (χ4n) is 4.98. The number of amidine groups is 1. The first-order valence-electron chi connectivity index (χ1n) is 12.1. The van der Waals surface area contributed by atoms with E-state index in [0.29, 0.717) is 17.2 Å². The summed E-state index contributed by atoms with van der Waals surface area (Å²) >= 11 is 1.49. The van der Waals surface area contributed by atoms with Crippen molar-refractivity contribution in [2.45, 2.75) is 0 Å². The molecule has 1 aliphatic carbocycles. The highest BCUT2D eigenvalue weighted by atomic mass is 32.1. The number of H-pyrrole nitrogens is 1. The van der Waals surface area contributed by atoms with Crippen LogP contribution in [-0.2, 0) is 4.79 Å². The number of hydrogen-bond donors (Lipinski definition) is 2. The van der Waals surface area contributed by atoms with E-state index in [9.17, 15) is 4.79 Å². The number of aromatic nitrogens is 3. The molecule has 0 radical (unpaired) electrons. The minimum Gasteiger partial charge on any atom is -0.401 e. The van der Waals surface area contributed by atoms with Gasteiger partial charge in [-0.3, -0.25) is 9.89 Å². The largest absolute Gasteiger partial charge is 0.401 e. The number of nitrogens with zero attached hydrogens (tertiary/aromatic N) is 4. The van der Waals surface area contributed by atoms with Gasteiger partial charge in [-0.1, -0.05) is 66.7 Å². The fraction of sp³-hybridized carbons (Fsp3) is 0.0333. The molecule has 38 heavy (non-hydrogen) atoms. The first-order valence-corrected chi connectivity index (χ1v) is 13.0. The molecule has 2 aliphatic rings. The highest BCUT2D eigenvalue weighted by Gasteiger charge is 2.39. The third kappa shape index (κ3) is 3.62. The molecule has 0 bridgehead atoms. The molecule has 3 N–H and O–H groups in total. The third-order valence-electron chi connectivity index (χ3n) is 6.83. The van der Waals surface area contributed by atoms with E-state index in [1.807, 2.05) is 78.3 Å². The predicted octanol–water partition coefficient (Wildman–Crippen LogP) is 5.50. The zero-order valence-electron chi connectivity index (χ0n) is 20.0. The quantitative estimate of drug-likeness (QED) is 0.331. The standard InChI is InChI=1S/C30H20N6OS/c31-26-21(20-7-4-8-24-23(20)16-33-36-24)15-22(30-32-13-14-38-30)27-25(26)29(37)35-28(34-27)19-11-9-18(10-12-19)17-5-2-1-3-6-17/h1-16,25H,31H2,(H,33,36). The van der Waals surface area contributed by atoms with Gasteiger partial charge in [-0.15, -0.1) is 11.3 Å². The number of amides is 1. The molecule has 1 amide bonds. The van der Waals surface area contributed by atoms with Crippen LogP contribution in [0, 0.1) is 5.92 Å². The summed E-state index contributed by atoms with van der Waals surface area (Å²) in [6, 6.07) is 23.9. The average Bonchev–Trinajstić information content (AvgIpc) is 3.66. The molecule has 0 spiro atoms. The Balaban J connectivity index is 1.34. The van der Waals surface area contributed by atoms with Crippen LogP contribution >= 0.6 is 11.3 Å². The first kappa shape index (κ1) is 22.3. The second kappa shape index (κ2) is 8.86. The second-order valence-corrected chi connectivity index (χ2v) is 9.93. The Bertz CT molecular complexity index is 1830. The van der Waals surface area contributed by atoms with Crippen LogP contribution in [0.4, 0.5) is 0 Å². The molecule has 182 valence electrons. The van der Waals surface area contributed by atoms with Crippen molar-refractivity contribution in [3.8, 4) is 11.1 Å². The minimum atomic E-state index is -0.789. The number of aromatic amines is 1. The predicted molar refractivity (Wildman–Crippen MR) is 152 cm³/mol. The van der Waals surface area contributed by atoms with E-state index >= 15 is 0 Å². The molecule has 3 aromatic carbocycles. The van der Waals surface area contributed by atoms with Crippen molar-refractivity contribution < 1.29 is 4.79 Å². The second-order valence-electron chi connectivity index (χ2n) is 9.03. The highest BCUT2D eigenvalue weighted by molar-refractivity contribution is 7.11. The number of nitrogens with two attached hydrogens (primary N) is 1. The van der Waals surface area contributed by atoms with Gasteiger partial charge in [-0.25, -0.2) is 9.98 Å². The van der Waals surface area contributed by atoms with Crippen molar-refractivity contribution in [2.75, 3.05) is 0 Å². The number of carbonyl (C=O) groups excluding carboxylic acids is 1. The Kier molecular flexibility index (Phi) is 5.19. The summed E-state index contributed by atoms with van der Waals surface area (Å²) in [7, 11) is 0. The molecule has 1 atom stereocenters. The SMILES string of the molecule is NC1=C(c2cccc3n[nH]cc23)C=C(c2nccs2)C2=NC(c3ccc(-c4ccccc4)cc3)=NC(=O)C21. The number of fused-ring (bicyclic) bond motifs is 2. The van der Waals surface area contributed by atoms with Crippen molar-refractivity contribution in [2.24, 2.45) is 21.6 Å². The van der Waals surface area contributed by atoms with Crippen LogP contribution in [0.15, 0.2) is 112 Å². The number of rotatable bonds is 4. The summed E-state index contributed by atoms with van der Waals surface area (Å²) in [6.45, 7) is 0. The maximum absolute atomic E-state index is 13.6. The van der Waals surface area contributed by atoms with Crippen molar-refractivity contribution in [3.05, 3.63) is 118 Å². The van der Waals surface area contributed by atoms with Crippen LogP contribution in [-0.4, -0.2) is 32.6 Å². The fourth-order valence-corrected chi connectivity index (χ4v) is 5.64. The molecule has 7 rings (SSSR count). The number of nitrogens with one attached hydrogen (secondary N) is 1. The topological polar surface area (TPSA) is 109 Å². The van der Waals surface area contributed by atoms with Gasteiger partial charge >= 0.3 is 0 Å². The highest BCUT2D eigenvalue weighted by Crippen LogP contribution is 2.40. The lowest BCUT2D eigenvalue weighted by molar-refractivity contribution is -0.118. The van der Waals surface area contributed by atoms with Gasteiger partial charge in [0.2, 0.25) is 0 Å². The van der Waals surface area contributed by atoms with Crippen LogP contribution < -0.4 is 5.73 Å². The molecule has 0 saturated carbocycles. The van der Waals surface area contributed by atoms with Crippen LogP contribution in [0.5, 0.6) is 0 Å². The molecule has 5 aromatic rings. The van der Waals surface area contributed by atoms with Crippen LogP contribution in [0.2, 0.25) is 0 Å². The van der Waals surface area contributed by atoms with Gasteiger partial charge < -0.3 is 5.73 Å². The molecule has 0 saturated heterocycles.